The van der Waals surface area contributed by atoms with E-state index < -0.39 is 0 Å². The van der Waals surface area contributed by atoms with Crippen molar-refractivity contribution in [2.45, 2.75) is 30.1 Å². The summed E-state index contributed by atoms with van der Waals surface area (Å²) in [5, 5.41) is 9.51. The minimum atomic E-state index is -0.279. The van der Waals surface area contributed by atoms with Crippen molar-refractivity contribution < 1.29 is 17.5 Å². The SMILES string of the molecule is CC(O)CN(C)CC/C=C1/c2ccccc2CSc2ccccc21.[Cl-]. The van der Waals surface area contributed by atoms with Gasteiger partial charge in [0.25, 0.3) is 0 Å². The number of hydrogen-bond acceptors (Lipinski definition) is 3. The Morgan fingerprint density at radius 2 is 1.80 bits per heavy atom. The van der Waals surface area contributed by atoms with Crippen LogP contribution < -0.4 is 12.4 Å². The third-order valence-electron chi connectivity index (χ3n) is 4.30. The van der Waals surface area contributed by atoms with Crippen LogP contribution in [0.4, 0.5) is 0 Å². The van der Waals surface area contributed by atoms with E-state index >= 15 is 0 Å². The van der Waals surface area contributed by atoms with E-state index in [9.17, 15) is 5.11 Å². The quantitative estimate of drug-likeness (QED) is 0.856. The Kier molecular flexibility index (Phi) is 7.57. The van der Waals surface area contributed by atoms with E-state index in [1.54, 1.807) is 0 Å². The van der Waals surface area contributed by atoms with Gasteiger partial charge in [-0.1, -0.05) is 48.5 Å². The van der Waals surface area contributed by atoms with Crippen LogP contribution >= 0.6 is 11.8 Å². The van der Waals surface area contributed by atoms with Gasteiger partial charge in [-0.3, -0.25) is 0 Å². The van der Waals surface area contributed by atoms with Gasteiger partial charge < -0.3 is 22.4 Å². The van der Waals surface area contributed by atoms with Crippen LogP contribution in [0.25, 0.3) is 5.57 Å². The highest BCUT2D eigenvalue weighted by atomic mass is 35.5. The van der Waals surface area contributed by atoms with E-state index in [1.165, 1.54) is 27.2 Å². The van der Waals surface area contributed by atoms with Crippen molar-refractivity contribution in [3.05, 3.63) is 71.3 Å². The normalized spacial score (nSPS) is 15.9. The van der Waals surface area contributed by atoms with Crippen molar-refractivity contribution >= 4 is 17.3 Å². The summed E-state index contributed by atoms with van der Waals surface area (Å²) < 4.78 is 0. The summed E-state index contributed by atoms with van der Waals surface area (Å²) >= 11 is 1.92. The van der Waals surface area contributed by atoms with Crippen LogP contribution in [0.1, 0.15) is 30.0 Å². The number of nitrogens with zero attached hydrogens (tertiary/aromatic N) is 1. The lowest BCUT2D eigenvalue weighted by Crippen LogP contribution is -3.00. The Bertz CT molecular complexity index is 680. The van der Waals surface area contributed by atoms with Gasteiger partial charge in [0, 0.05) is 23.7 Å². The molecule has 0 saturated heterocycles. The predicted octanol–water partition coefficient (Wildman–Crippen LogP) is 1.43. The van der Waals surface area contributed by atoms with E-state index in [0.29, 0.717) is 6.54 Å². The van der Waals surface area contributed by atoms with Crippen molar-refractivity contribution in [1.82, 2.24) is 4.90 Å². The van der Waals surface area contributed by atoms with Gasteiger partial charge in [0.05, 0.1) is 6.10 Å². The number of benzene rings is 2. The molecule has 2 aromatic rings. The van der Waals surface area contributed by atoms with Crippen LogP contribution in [0.5, 0.6) is 0 Å². The molecule has 1 unspecified atom stereocenters. The van der Waals surface area contributed by atoms with Crippen molar-refractivity contribution in [1.29, 1.82) is 0 Å². The topological polar surface area (TPSA) is 23.5 Å². The van der Waals surface area contributed by atoms with Crippen molar-refractivity contribution in [2.75, 3.05) is 20.1 Å². The molecule has 1 N–H and O–H groups in total. The maximum absolute atomic E-state index is 9.51. The molecule has 0 bridgehead atoms. The summed E-state index contributed by atoms with van der Waals surface area (Å²) in [5.74, 6) is 1.02. The zero-order valence-electron chi connectivity index (χ0n) is 14.8. The maximum atomic E-state index is 9.51. The minimum Gasteiger partial charge on any atom is -1.00 e. The van der Waals surface area contributed by atoms with Gasteiger partial charge in [0.1, 0.15) is 0 Å². The smallest absolute Gasteiger partial charge is 0.0638 e. The first-order valence-corrected chi connectivity index (χ1v) is 9.51. The van der Waals surface area contributed by atoms with Crippen LogP contribution in [0.3, 0.4) is 0 Å². The Balaban J connectivity index is 0.00000225. The molecule has 1 atom stereocenters. The first kappa shape index (κ1) is 20.1. The molecule has 2 nitrogen and oxygen atoms in total. The molecule has 2 aromatic carbocycles. The number of rotatable bonds is 5. The average Bonchev–Trinajstić information content (AvgIpc) is 2.72. The second kappa shape index (κ2) is 9.44. The standard InChI is InChI=1S/C21H25NOS.ClH/c1-16(23)14-22(2)13-7-11-19-18-9-4-3-8-17(18)15-24-21-12-6-5-10-20(19)21;/h3-6,8-12,16,23H,7,13-15H2,1-2H3;1H/p-1/b19-11-;. The zero-order chi connectivity index (χ0) is 16.9. The Morgan fingerprint density at radius 1 is 1.12 bits per heavy atom. The Hall–Kier alpha value is -1.26. The third-order valence-corrected chi connectivity index (χ3v) is 5.43. The fourth-order valence-corrected chi connectivity index (χ4v) is 4.29. The fourth-order valence-electron chi connectivity index (χ4n) is 3.22. The summed E-state index contributed by atoms with van der Waals surface area (Å²) in [6, 6.07) is 17.4. The van der Waals surface area contributed by atoms with Crippen LogP contribution in [0, 0.1) is 0 Å². The highest BCUT2D eigenvalue weighted by Gasteiger charge is 2.17. The van der Waals surface area contributed by atoms with Crippen molar-refractivity contribution in [2.24, 2.45) is 0 Å². The predicted molar refractivity (Wildman–Crippen MR) is 103 cm³/mol. The molecule has 25 heavy (non-hydrogen) atoms. The average molecular weight is 375 g/mol. The second-order valence-corrected chi connectivity index (χ2v) is 7.48. The number of halogens is 1. The number of aliphatic hydroxyl groups is 1. The molecular formula is C21H25ClNOS-. The minimum absolute atomic E-state index is 0. The van der Waals surface area contributed by atoms with E-state index in [4.69, 9.17) is 0 Å². The highest BCUT2D eigenvalue weighted by Crippen LogP contribution is 2.39. The summed E-state index contributed by atoms with van der Waals surface area (Å²) in [7, 11) is 2.07. The van der Waals surface area contributed by atoms with Gasteiger partial charge in [-0.15, -0.1) is 11.8 Å². The number of thioether (sulfide) groups is 1. The van der Waals surface area contributed by atoms with Gasteiger partial charge in [0.15, 0.2) is 0 Å². The summed E-state index contributed by atoms with van der Waals surface area (Å²) in [5.41, 5.74) is 5.44. The highest BCUT2D eigenvalue weighted by molar-refractivity contribution is 7.98. The number of likely N-dealkylation sites (N-methyl/N-ethyl adjacent to an activating group) is 1. The van der Waals surface area contributed by atoms with Gasteiger partial charge in [-0.2, -0.15) is 0 Å². The molecule has 134 valence electrons. The van der Waals surface area contributed by atoms with Gasteiger partial charge in [-0.25, -0.2) is 0 Å². The van der Waals surface area contributed by atoms with Crippen LogP contribution in [0.2, 0.25) is 0 Å². The Labute approximate surface area is 161 Å². The molecule has 0 amide bonds. The van der Waals surface area contributed by atoms with Crippen LogP contribution in [0.15, 0.2) is 59.5 Å². The molecule has 1 aliphatic rings. The lowest BCUT2D eigenvalue weighted by atomic mass is 9.93. The maximum Gasteiger partial charge on any atom is 0.0638 e. The van der Waals surface area contributed by atoms with E-state index in [1.807, 2.05) is 18.7 Å². The Morgan fingerprint density at radius 3 is 2.56 bits per heavy atom. The van der Waals surface area contributed by atoms with Gasteiger partial charge in [-0.05, 0) is 48.7 Å². The molecule has 0 fully saturated rings. The zero-order valence-corrected chi connectivity index (χ0v) is 16.4. The molecule has 0 spiro atoms. The molecule has 0 radical (unpaired) electrons. The molecule has 3 rings (SSSR count). The number of aliphatic hydroxyl groups excluding tert-OH is 1. The number of hydrogen-bond donors (Lipinski definition) is 1. The molecular weight excluding hydrogens is 350 g/mol. The largest absolute Gasteiger partial charge is 1.00 e. The first-order valence-electron chi connectivity index (χ1n) is 8.52. The van der Waals surface area contributed by atoms with E-state index in [2.05, 4.69) is 66.6 Å². The first-order chi connectivity index (χ1) is 11.6. The van der Waals surface area contributed by atoms with Crippen LogP contribution in [-0.4, -0.2) is 36.2 Å². The summed E-state index contributed by atoms with van der Waals surface area (Å²) in [6.07, 6.45) is 3.06. The summed E-state index contributed by atoms with van der Waals surface area (Å²) in [4.78, 5) is 3.54. The second-order valence-electron chi connectivity index (χ2n) is 6.46. The summed E-state index contributed by atoms with van der Waals surface area (Å²) in [6.45, 7) is 3.50. The molecule has 4 heteroatoms. The molecule has 0 aliphatic carbocycles. The molecule has 1 aliphatic heterocycles. The molecule has 0 aromatic heterocycles. The van der Waals surface area contributed by atoms with E-state index in [0.717, 1.165) is 18.7 Å². The van der Waals surface area contributed by atoms with Gasteiger partial charge >= 0.3 is 0 Å². The van der Waals surface area contributed by atoms with Gasteiger partial charge in [0.2, 0.25) is 0 Å². The van der Waals surface area contributed by atoms with Crippen LogP contribution in [-0.2, 0) is 5.75 Å². The molecule has 0 saturated carbocycles. The molecule has 1 heterocycles. The third kappa shape index (κ3) is 5.11. The van der Waals surface area contributed by atoms with E-state index in [-0.39, 0.29) is 18.5 Å². The fraction of sp³-hybridized carbons (Fsp3) is 0.333. The number of fused-ring (bicyclic) bond motifs is 2. The van der Waals surface area contributed by atoms with Crippen molar-refractivity contribution in [3.63, 3.8) is 0 Å². The lowest BCUT2D eigenvalue weighted by Gasteiger charge is -2.18. The lowest BCUT2D eigenvalue weighted by molar-refractivity contribution is -0.00000753. The monoisotopic (exact) mass is 374 g/mol. The van der Waals surface area contributed by atoms with Crippen molar-refractivity contribution in [3.8, 4) is 0 Å².